The van der Waals surface area contributed by atoms with Crippen LogP contribution < -0.4 is 10.1 Å². The van der Waals surface area contributed by atoms with E-state index in [-0.39, 0.29) is 0 Å². The van der Waals surface area contributed by atoms with Crippen LogP contribution in [0.4, 0.5) is 0 Å². The Morgan fingerprint density at radius 3 is 3.05 bits per heavy atom. The Morgan fingerprint density at radius 2 is 2.43 bits per heavy atom. The van der Waals surface area contributed by atoms with E-state index in [0.29, 0.717) is 34.5 Å². The van der Waals surface area contributed by atoms with Crippen LogP contribution in [0.3, 0.4) is 0 Å². The molecule has 0 saturated carbocycles. The second-order valence-electron chi connectivity index (χ2n) is 3.85. The van der Waals surface area contributed by atoms with Crippen LogP contribution in [0, 0.1) is 10.1 Å². The predicted molar refractivity (Wildman–Crippen MR) is 84.1 cm³/mol. The number of thioether (sulfide) groups is 1. The van der Waals surface area contributed by atoms with Crippen molar-refractivity contribution < 1.29 is 13.9 Å². The zero-order chi connectivity index (χ0) is 15.7. The normalized spacial score (nSPS) is 12.8. The number of nitrogens with zero attached hydrogens (tertiary/aromatic N) is 2. The highest BCUT2D eigenvalue weighted by atomic mass is 32.2. The van der Waals surface area contributed by atoms with Gasteiger partial charge < -0.3 is 10.1 Å². The molecule has 0 bridgehead atoms. The van der Waals surface area contributed by atoms with Crippen LogP contribution in [0.25, 0.3) is 0 Å². The molecule has 116 valence electrons. The van der Waals surface area contributed by atoms with Crippen molar-refractivity contribution in [2.45, 2.75) is 5.75 Å². The Labute approximate surface area is 129 Å². The van der Waals surface area contributed by atoms with Crippen molar-refractivity contribution in [2.75, 3.05) is 25.7 Å². The maximum atomic E-state index is 12.0. The van der Waals surface area contributed by atoms with Crippen LogP contribution in [0.15, 0.2) is 29.6 Å². The summed E-state index contributed by atoms with van der Waals surface area (Å²) in [5, 5.41) is 13.7. The molecule has 1 aromatic heterocycles. The Bertz CT molecular complexity index is 537. The summed E-state index contributed by atoms with van der Waals surface area (Å²) in [6.07, 6.45) is 4.26. The lowest BCUT2D eigenvalue weighted by molar-refractivity contribution is -0.403. The number of nitro groups is 1. The Balaban J connectivity index is 2.46. The van der Waals surface area contributed by atoms with Crippen LogP contribution in [0.1, 0.15) is 5.69 Å². The molecule has 21 heavy (non-hydrogen) atoms. The topological polar surface area (TPSA) is 94.4 Å². The molecule has 0 aliphatic heterocycles. The highest BCUT2D eigenvalue weighted by molar-refractivity contribution is 8.02. The van der Waals surface area contributed by atoms with Gasteiger partial charge in [-0.1, -0.05) is 0 Å². The van der Waals surface area contributed by atoms with E-state index in [2.05, 4.69) is 10.3 Å². The minimum Gasteiger partial charge on any atom is -0.495 e. The summed E-state index contributed by atoms with van der Waals surface area (Å²) < 4.78 is 17.1. The molecule has 0 aromatic carbocycles. The molecule has 0 aliphatic carbocycles. The van der Waals surface area contributed by atoms with Crippen LogP contribution in [0.5, 0.6) is 5.75 Å². The molecule has 0 amide bonds. The lowest BCUT2D eigenvalue weighted by Crippen LogP contribution is -2.20. The minimum atomic E-state index is -1.13. The van der Waals surface area contributed by atoms with E-state index in [4.69, 9.17) is 4.74 Å². The van der Waals surface area contributed by atoms with Gasteiger partial charge in [-0.3, -0.25) is 19.3 Å². The molecule has 0 fully saturated rings. The first kappa shape index (κ1) is 17.4. The third kappa shape index (κ3) is 6.58. The summed E-state index contributed by atoms with van der Waals surface area (Å²) in [6, 6.07) is 3.52. The minimum absolute atomic E-state index is 0.291. The van der Waals surface area contributed by atoms with Crippen molar-refractivity contribution in [2.24, 2.45) is 0 Å². The van der Waals surface area contributed by atoms with E-state index < -0.39 is 15.7 Å². The van der Waals surface area contributed by atoms with Gasteiger partial charge in [-0.15, -0.1) is 11.8 Å². The summed E-state index contributed by atoms with van der Waals surface area (Å²) in [4.78, 5) is 14.0. The number of hydrogen-bond donors (Lipinski definition) is 1. The maximum Gasteiger partial charge on any atom is 0.263 e. The zero-order valence-electron chi connectivity index (χ0n) is 11.8. The van der Waals surface area contributed by atoms with Gasteiger partial charge in [-0.25, -0.2) is 0 Å². The third-order valence-electron chi connectivity index (χ3n) is 2.44. The van der Waals surface area contributed by atoms with Gasteiger partial charge in [0.1, 0.15) is 10.8 Å². The smallest absolute Gasteiger partial charge is 0.263 e. The predicted octanol–water partition coefficient (Wildman–Crippen LogP) is 1.37. The van der Waals surface area contributed by atoms with Crippen molar-refractivity contribution in [1.29, 1.82) is 0 Å². The molecule has 1 N–H and O–H groups in total. The SMILES string of the molecule is COc1cccnc1CS(=O)CCN/C(=C\[N+](=O)[O-])SC. The van der Waals surface area contributed by atoms with E-state index in [1.807, 2.05) is 0 Å². The van der Waals surface area contributed by atoms with E-state index in [9.17, 15) is 14.3 Å². The standard InChI is InChI=1S/C12H17N3O4S2/c1-19-11-4-3-5-13-10(11)9-21(18)7-6-14-12(20-2)8-15(16)17/h3-5,8,14H,6-7,9H2,1-2H3/b12-8+. The molecule has 1 unspecified atom stereocenters. The van der Waals surface area contributed by atoms with Crippen molar-refractivity contribution in [3.8, 4) is 5.75 Å². The molecule has 7 nitrogen and oxygen atoms in total. The van der Waals surface area contributed by atoms with Crippen molar-refractivity contribution in [1.82, 2.24) is 10.3 Å². The molecular formula is C12H17N3O4S2. The van der Waals surface area contributed by atoms with Gasteiger partial charge >= 0.3 is 0 Å². The molecule has 9 heteroatoms. The van der Waals surface area contributed by atoms with Gasteiger partial charge in [-0.2, -0.15) is 0 Å². The highest BCUT2D eigenvalue weighted by Gasteiger charge is 2.09. The van der Waals surface area contributed by atoms with Crippen LogP contribution >= 0.6 is 11.8 Å². The molecule has 1 aromatic rings. The lowest BCUT2D eigenvalue weighted by atomic mass is 10.3. The van der Waals surface area contributed by atoms with Gasteiger partial charge in [0.05, 0.1) is 23.5 Å². The molecule has 1 atom stereocenters. The fourth-order valence-corrected chi connectivity index (χ4v) is 2.93. The van der Waals surface area contributed by atoms with E-state index in [1.165, 1.54) is 18.9 Å². The van der Waals surface area contributed by atoms with Crippen molar-refractivity contribution in [3.05, 3.63) is 45.4 Å². The number of pyridine rings is 1. The first-order valence-corrected chi connectivity index (χ1v) is 8.74. The fourth-order valence-electron chi connectivity index (χ4n) is 1.50. The summed E-state index contributed by atoms with van der Waals surface area (Å²) in [6.45, 7) is 0.391. The number of nitrogens with one attached hydrogen (secondary N) is 1. The first-order valence-electron chi connectivity index (χ1n) is 6.03. The first-order chi connectivity index (χ1) is 10.1. The van der Waals surface area contributed by atoms with Crippen molar-refractivity contribution >= 4 is 22.6 Å². The second kappa shape index (κ2) is 9.35. The van der Waals surface area contributed by atoms with E-state index in [1.54, 1.807) is 24.6 Å². The third-order valence-corrected chi connectivity index (χ3v) is 4.38. The van der Waals surface area contributed by atoms with Gasteiger partial charge in [-0.05, 0) is 18.4 Å². The van der Waals surface area contributed by atoms with Crippen LogP contribution in [0.2, 0.25) is 0 Å². The summed E-state index contributed by atoms with van der Waals surface area (Å²) in [7, 11) is 0.415. The average Bonchev–Trinajstić information content (AvgIpc) is 2.46. The second-order valence-corrected chi connectivity index (χ2v) is 6.27. The zero-order valence-corrected chi connectivity index (χ0v) is 13.4. The van der Waals surface area contributed by atoms with Gasteiger partial charge in [0.25, 0.3) is 6.20 Å². The summed E-state index contributed by atoms with van der Waals surface area (Å²) >= 11 is 1.24. The molecule has 0 radical (unpaired) electrons. The average molecular weight is 331 g/mol. The lowest BCUT2D eigenvalue weighted by Gasteiger charge is -2.08. The van der Waals surface area contributed by atoms with E-state index in [0.717, 1.165) is 6.20 Å². The van der Waals surface area contributed by atoms with Crippen LogP contribution in [-0.4, -0.2) is 39.8 Å². The Kier molecular flexibility index (Phi) is 7.76. The highest BCUT2D eigenvalue weighted by Crippen LogP contribution is 2.16. The Morgan fingerprint density at radius 1 is 1.67 bits per heavy atom. The molecule has 1 heterocycles. The van der Waals surface area contributed by atoms with E-state index >= 15 is 0 Å². The molecule has 0 spiro atoms. The monoisotopic (exact) mass is 331 g/mol. The fraction of sp³-hybridized carbons (Fsp3) is 0.417. The van der Waals surface area contributed by atoms with Crippen LogP contribution in [-0.2, 0) is 16.6 Å². The molecule has 0 saturated heterocycles. The Hall–Kier alpha value is -1.61. The quantitative estimate of drug-likeness (QED) is 0.539. The number of hydrogen-bond acceptors (Lipinski definition) is 7. The van der Waals surface area contributed by atoms with Gasteiger partial charge in [0, 0.05) is 29.3 Å². The van der Waals surface area contributed by atoms with Gasteiger partial charge in [0.2, 0.25) is 0 Å². The molecule has 0 aliphatic rings. The number of aromatic nitrogens is 1. The number of methoxy groups -OCH3 is 1. The van der Waals surface area contributed by atoms with Gasteiger partial charge in [0.15, 0.2) is 0 Å². The molecule has 1 rings (SSSR count). The number of ether oxygens (including phenoxy) is 1. The molecular weight excluding hydrogens is 314 g/mol. The largest absolute Gasteiger partial charge is 0.495 e. The summed E-state index contributed by atoms with van der Waals surface area (Å²) in [5.74, 6) is 1.27. The summed E-state index contributed by atoms with van der Waals surface area (Å²) in [5.41, 5.74) is 0.643. The maximum absolute atomic E-state index is 12.0. The van der Waals surface area contributed by atoms with Crippen molar-refractivity contribution in [3.63, 3.8) is 0 Å². The number of rotatable bonds is 9.